The fourth-order valence-electron chi connectivity index (χ4n) is 2.50. The lowest BCUT2D eigenvalue weighted by molar-refractivity contribution is -0.120. The molecule has 6 nitrogen and oxygen atoms in total. The van der Waals surface area contributed by atoms with E-state index in [4.69, 9.17) is 0 Å². The third-order valence-electron chi connectivity index (χ3n) is 3.77. The maximum Gasteiger partial charge on any atom is 0.233 e. The van der Waals surface area contributed by atoms with E-state index in [0.717, 1.165) is 42.6 Å². The summed E-state index contributed by atoms with van der Waals surface area (Å²) in [6.45, 7) is 4.83. The van der Waals surface area contributed by atoms with E-state index in [1.54, 1.807) is 4.68 Å². The lowest BCUT2D eigenvalue weighted by Gasteiger charge is -2.13. The topological polar surface area (TPSA) is 72.7 Å². The van der Waals surface area contributed by atoms with Crippen LogP contribution in [0.2, 0.25) is 0 Å². The van der Waals surface area contributed by atoms with Crippen molar-refractivity contribution >= 4 is 17.7 Å². The molecule has 7 heteroatoms. The lowest BCUT2D eigenvalue weighted by atomic mass is 10.1. The Kier molecular flexibility index (Phi) is 4.42. The van der Waals surface area contributed by atoms with Gasteiger partial charge in [-0.2, -0.15) is 4.68 Å². The Morgan fingerprint density at radius 1 is 1.32 bits per heavy atom. The van der Waals surface area contributed by atoms with Crippen molar-refractivity contribution in [3.8, 4) is 5.69 Å². The average molecular weight is 317 g/mol. The van der Waals surface area contributed by atoms with Gasteiger partial charge in [0.2, 0.25) is 11.1 Å². The minimum absolute atomic E-state index is 0.0815. The Hall–Kier alpha value is -1.89. The number of tetrazole rings is 1. The predicted octanol–water partition coefficient (Wildman–Crippen LogP) is 2.04. The highest BCUT2D eigenvalue weighted by atomic mass is 32.2. The first-order valence-corrected chi connectivity index (χ1v) is 8.33. The van der Waals surface area contributed by atoms with Gasteiger partial charge in [-0.1, -0.05) is 30.3 Å². The number of aromatic nitrogens is 4. The molecule has 1 aliphatic heterocycles. The average Bonchev–Trinajstić information content (AvgIpc) is 2.86. The van der Waals surface area contributed by atoms with Crippen molar-refractivity contribution in [3.63, 3.8) is 0 Å². The minimum atomic E-state index is -0.127. The summed E-state index contributed by atoms with van der Waals surface area (Å²) >= 11 is 1.44. The summed E-state index contributed by atoms with van der Waals surface area (Å²) in [5.74, 6) is 0.0815. The number of hydrogen-bond donors (Lipinski definition) is 1. The van der Waals surface area contributed by atoms with Gasteiger partial charge in [0.25, 0.3) is 0 Å². The van der Waals surface area contributed by atoms with E-state index in [0.29, 0.717) is 5.16 Å². The number of nitrogens with zero attached hydrogens (tertiary/aromatic N) is 4. The molecule has 0 radical (unpaired) electrons. The van der Waals surface area contributed by atoms with E-state index in [1.165, 1.54) is 11.8 Å². The van der Waals surface area contributed by atoms with Crippen LogP contribution in [0.25, 0.3) is 5.69 Å². The van der Waals surface area contributed by atoms with Gasteiger partial charge >= 0.3 is 0 Å². The summed E-state index contributed by atoms with van der Waals surface area (Å²) < 4.78 is 1.73. The van der Waals surface area contributed by atoms with Gasteiger partial charge in [-0.15, -0.1) is 5.10 Å². The van der Waals surface area contributed by atoms with Crippen LogP contribution in [0.4, 0.5) is 0 Å². The second kappa shape index (κ2) is 6.48. The largest absolute Gasteiger partial charge is 0.355 e. The molecule has 1 amide bonds. The Labute approximate surface area is 133 Å². The zero-order chi connectivity index (χ0) is 15.5. The van der Waals surface area contributed by atoms with Crippen LogP contribution < -0.4 is 5.32 Å². The number of hydrogen-bond acceptors (Lipinski definition) is 5. The molecule has 1 atom stereocenters. The third-order valence-corrected chi connectivity index (χ3v) is 4.97. The first-order chi connectivity index (χ1) is 10.6. The molecular weight excluding hydrogens is 298 g/mol. The first-order valence-electron chi connectivity index (χ1n) is 7.45. The fraction of sp³-hybridized carbons (Fsp3) is 0.467. The summed E-state index contributed by atoms with van der Waals surface area (Å²) in [6, 6.07) is 6.18. The van der Waals surface area contributed by atoms with Gasteiger partial charge in [0.05, 0.1) is 10.9 Å². The molecular formula is C15H19N5OS. The highest BCUT2D eigenvalue weighted by molar-refractivity contribution is 8.00. The van der Waals surface area contributed by atoms with Gasteiger partial charge in [-0.25, -0.2) is 0 Å². The Morgan fingerprint density at radius 2 is 2.18 bits per heavy atom. The summed E-state index contributed by atoms with van der Waals surface area (Å²) in [7, 11) is 0. The van der Waals surface area contributed by atoms with Crippen LogP contribution in [0.3, 0.4) is 0 Å². The number of nitrogens with one attached hydrogen (secondary N) is 1. The van der Waals surface area contributed by atoms with E-state index in [-0.39, 0.29) is 11.2 Å². The highest BCUT2D eigenvalue weighted by Gasteiger charge is 2.25. The minimum Gasteiger partial charge on any atom is -0.355 e. The van der Waals surface area contributed by atoms with Gasteiger partial charge in [0.15, 0.2) is 0 Å². The number of aryl methyl sites for hydroxylation is 2. The Balaban J connectivity index is 1.88. The monoisotopic (exact) mass is 317 g/mol. The fourth-order valence-corrected chi connectivity index (χ4v) is 3.55. The number of amides is 1. The number of carbonyl (C=O) groups is 1. The molecule has 1 fully saturated rings. The molecule has 0 spiro atoms. The van der Waals surface area contributed by atoms with Crippen molar-refractivity contribution in [2.75, 3.05) is 6.54 Å². The van der Waals surface area contributed by atoms with Gasteiger partial charge < -0.3 is 5.32 Å². The van der Waals surface area contributed by atoms with E-state index in [9.17, 15) is 4.79 Å². The quantitative estimate of drug-likeness (QED) is 0.938. The molecule has 0 aliphatic carbocycles. The van der Waals surface area contributed by atoms with Crippen LogP contribution >= 0.6 is 11.8 Å². The van der Waals surface area contributed by atoms with Gasteiger partial charge in [-0.3, -0.25) is 4.79 Å². The molecule has 3 rings (SSSR count). The highest BCUT2D eigenvalue weighted by Crippen LogP contribution is 2.28. The van der Waals surface area contributed by atoms with Gasteiger partial charge in [0, 0.05) is 6.54 Å². The number of carbonyl (C=O) groups excluding carboxylic acids is 1. The molecule has 1 aliphatic rings. The van der Waals surface area contributed by atoms with Crippen molar-refractivity contribution in [1.29, 1.82) is 0 Å². The summed E-state index contributed by atoms with van der Waals surface area (Å²) in [5.41, 5.74) is 3.21. The Morgan fingerprint density at radius 3 is 3.05 bits per heavy atom. The zero-order valence-electron chi connectivity index (χ0n) is 12.7. The summed E-state index contributed by atoms with van der Waals surface area (Å²) in [5, 5.41) is 15.5. The second-order valence-electron chi connectivity index (χ2n) is 5.56. The van der Waals surface area contributed by atoms with Gasteiger partial charge in [0.1, 0.15) is 0 Å². The van der Waals surface area contributed by atoms with Crippen molar-refractivity contribution in [2.45, 2.75) is 43.5 Å². The van der Waals surface area contributed by atoms with Gasteiger partial charge in [-0.05, 0) is 54.3 Å². The van der Waals surface area contributed by atoms with Crippen LogP contribution in [0, 0.1) is 13.8 Å². The number of benzene rings is 1. The predicted molar refractivity (Wildman–Crippen MR) is 85.1 cm³/mol. The van der Waals surface area contributed by atoms with E-state index < -0.39 is 0 Å². The zero-order valence-corrected chi connectivity index (χ0v) is 13.6. The van der Waals surface area contributed by atoms with Crippen molar-refractivity contribution in [1.82, 2.24) is 25.5 Å². The van der Waals surface area contributed by atoms with Crippen LogP contribution in [0.15, 0.2) is 23.4 Å². The molecule has 0 saturated carbocycles. The molecule has 22 heavy (non-hydrogen) atoms. The SMILES string of the molecule is Cc1ccc(C)c(-n2nnnc2S[C@@H]2CCCCNC2=O)c1. The smallest absolute Gasteiger partial charge is 0.233 e. The molecule has 0 bridgehead atoms. The first kappa shape index (κ1) is 15.0. The van der Waals surface area contributed by atoms with Crippen molar-refractivity contribution in [3.05, 3.63) is 29.3 Å². The number of rotatable bonds is 3. The summed E-state index contributed by atoms with van der Waals surface area (Å²) in [6.07, 6.45) is 2.93. The van der Waals surface area contributed by atoms with Crippen LogP contribution in [-0.2, 0) is 4.79 Å². The molecule has 1 N–H and O–H groups in total. The van der Waals surface area contributed by atoms with E-state index in [2.05, 4.69) is 39.0 Å². The van der Waals surface area contributed by atoms with Crippen molar-refractivity contribution < 1.29 is 4.79 Å². The second-order valence-corrected chi connectivity index (χ2v) is 6.73. The maximum atomic E-state index is 12.1. The summed E-state index contributed by atoms with van der Waals surface area (Å²) in [4.78, 5) is 12.1. The molecule has 2 aromatic rings. The third kappa shape index (κ3) is 3.14. The molecule has 0 unspecified atom stereocenters. The normalized spacial score (nSPS) is 18.8. The lowest BCUT2D eigenvalue weighted by Crippen LogP contribution is -2.30. The van der Waals surface area contributed by atoms with Crippen LogP contribution in [0.5, 0.6) is 0 Å². The maximum absolute atomic E-state index is 12.1. The van der Waals surface area contributed by atoms with Crippen molar-refractivity contribution in [2.24, 2.45) is 0 Å². The Bertz CT molecular complexity index is 684. The standard InChI is InChI=1S/C15H19N5OS/c1-10-6-7-11(2)12(9-10)20-15(17-18-19-20)22-13-5-3-4-8-16-14(13)21/h6-7,9,13H,3-5,8H2,1-2H3,(H,16,21)/t13-/m1/s1. The molecule has 1 aromatic carbocycles. The van der Waals surface area contributed by atoms with E-state index >= 15 is 0 Å². The number of thioether (sulfide) groups is 1. The van der Waals surface area contributed by atoms with Crippen LogP contribution in [-0.4, -0.2) is 37.9 Å². The molecule has 116 valence electrons. The molecule has 1 saturated heterocycles. The molecule has 1 aromatic heterocycles. The molecule has 2 heterocycles. The van der Waals surface area contributed by atoms with Crippen LogP contribution in [0.1, 0.15) is 30.4 Å². The van der Waals surface area contributed by atoms with E-state index in [1.807, 2.05) is 13.8 Å².